The number of nitrogens with two attached hydrogens (primary N) is 1. The summed E-state index contributed by atoms with van der Waals surface area (Å²) in [5.74, 6) is 4.48. The maximum absolute atomic E-state index is 13.0. The van der Waals surface area contributed by atoms with E-state index in [4.69, 9.17) is 5.84 Å². The summed E-state index contributed by atoms with van der Waals surface area (Å²) in [6, 6.07) is 3.60. The molecule has 134 valence electrons. The molecule has 1 saturated carbocycles. The summed E-state index contributed by atoms with van der Waals surface area (Å²) in [4.78, 5) is 11.6. The lowest BCUT2D eigenvalue weighted by molar-refractivity contribution is -0.137. The average molecular weight is 356 g/mol. The average Bonchev–Trinajstić information content (AvgIpc) is 3.34. The zero-order valence-electron chi connectivity index (χ0n) is 13.1. The van der Waals surface area contributed by atoms with Crippen molar-refractivity contribution < 1.29 is 22.4 Å². The molecule has 1 fully saturated rings. The zero-order valence-corrected chi connectivity index (χ0v) is 13.1. The molecule has 1 aliphatic carbocycles. The van der Waals surface area contributed by atoms with Crippen LogP contribution in [-0.2, 0) is 19.4 Å². The van der Waals surface area contributed by atoms with E-state index in [1.54, 1.807) is 0 Å². The van der Waals surface area contributed by atoms with Crippen molar-refractivity contribution in [1.29, 1.82) is 0 Å². The largest absolute Gasteiger partial charge is 0.416 e. The second-order valence-electron chi connectivity index (χ2n) is 5.98. The molecule has 1 aromatic carbocycles. The van der Waals surface area contributed by atoms with Gasteiger partial charge in [-0.05, 0) is 42.0 Å². The van der Waals surface area contributed by atoms with Gasteiger partial charge in [-0.2, -0.15) is 18.3 Å². The lowest BCUT2D eigenvalue weighted by atomic mass is 10.00. The molecule has 0 saturated heterocycles. The molecule has 0 radical (unpaired) electrons. The first-order valence-electron chi connectivity index (χ1n) is 7.66. The number of nitrogens with zero attached hydrogens (tertiary/aromatic N) is 2. The van der Waals surface area contributed by atoms with Crippen LogP contribution < -0.4 is 11.3 Å². The number of carbonyl (C=O) groups is 1. The van der Waals surface area contributed by atoms with Crippen molar-refractivity contribution in [2.45, 2.75) is 38.2 Å². The Morgan fingerprint density at radius 1 is 1.36 bits per heavy atom. The van der Waals surface area contributed by atoms with E-state index < -0.39 is 24.3 Å². The summed E-state index contributed by atoms with van der Waals surface area (Å²) in [6.07, 6.45) is -1.39. The third-order valence-electron chi connectivity index (χ3n) is 4.16. The molecule has 1 heterocycles. The molecule has 3 rings (SSSR count). The van der Waals surface area contributed by atoms with E-state index in [0.717, 1.165) is 18.9 Å². The highest BCUT2D eigenvalue weighted by molar-refractivity contribution is 5.94. The molecule has 1 amide bonds. The number of carbonyl (C=O) groups excluding carboxylic acids is 1. The number of nitrogens with one attached hydrogen (secondary N) is 1. The van der Waals surface area contributed by atoms with Crippen LogP contribution in [-0.4, -0.2) is 15.7 Å². The Bertz CT molecular complexity index is 796. The SMILES string of the molecule is NNC(=O)c1cn(Cc2ccc(C(F)(F)F)cc2C2CC2)nc1CF. The van der Waals surface area contributed by atoms with Gasteiger partial charge >= 0.3 is 6.18 Å². The van der Waals surface area contributed by atoms with Crippen LogP contribution in [0.15, 0.2) is 24.4 Å². The molecule has 0 unspecified atom stereocenters. The summed E-state index contributed by atoms with van der Waals surface area (Å²) in [7, 11) is 0. The molecule has 2 aromatic rings. The van der Waals surface area contributed by atoms with Gasteiger partial charge in [0.25, 0.3) is 5.91 Å². The molecule has 5 nitrogen and oxygen atoms in total. The second kappa shape index (κ2) is 6.47. The summed E-state index contributed by atoms with van der Waals surface area (Å²) >= 11 is 0. The first-order chi connectivity index (χ1) is 11.8. The van der Waals surface area contributed by atoms with Crippen molar-refractivity contribution in [3.05, 3.63) is 52.3 Å². The number of hydrazine groups is 1. The summed E-state index contributed by atoms with van der Waals surface area (Å²) < 4.78 is 53.1. The van der Waals surface area contributed by atoms with Crippen molar-refractivity contribution in [3.63, 3.8) is 0 Å². The summed E-state index contributed by atoms with van der Waals surface area (Å²) in [5, 5.41) is 3.99. The highest BCUT2D eigenvalue weighted by atomic mass is 19.4. The molecule has 25 heavy (non-hydrogen) atoms. The third-order valence-corrected chi connectivity index (χ3v) is 4.16. The van der Waals surface area contributed by atoms with E-state index in [1.807, 2.05) is 5.43 Å². The van der Waals surface area contributed by atoms with Crippen LogP contribution >= 0.6 is 0 Å². The van der Waals surface area contributed by atoms with Gasteiger partial charge in [0.2, 0.25) is 0 Å². The van der Waals surface area contributed by atoms with Crippen molar-refractivity contribution in [3.8, 4) is 0 Å². The van der Waals surface area contributed by atoms with Crippen molar-refractivity contribution >= 4 is 5.91 Å². The molecule has 0 atom stereocenters. The first kappa shape index (κ1) is 17.4. The fourth-order valence-electron chi connectivity index (χ4n) is 2.77. The van der Waals surface area contributed by atoms with Gasteiger partial charge in [-0.3, -0.25) is 14.9 Å². The lowest BCUT2D eigenvalue weighted by Gasteiger charge is -2.13. The molecular formula is C16H16F4N4O. The van der Waals surface area contributed by atoms with Gasteiger partial charge in [-0.15, -0.1) is 0 Å². The highest BCUT2D eigenvalue weighted by Crippen LogP contribution is 2.43. The Morgan fingerprint density at radius 3 is 2.64 bits per heavy atom. The summed E-state index contributed by atoms with van der Waals surface area (Å²) in [5.41, 5.74) is 2.45. The van der Waals surface area contributed by atoms with Crippen LogP contribution in [0.1, 0.15) is 51.5 Å². The minimum Gasteiger partial charge on any atom is -0.290 e. The first-order valence-corrected chi connectivity index (χ1v) is 7.66. The van der Waals surface area contributed by atoms with E-state index in [-0.39, 0.29) is 23.7 Å². The maximum Gasteiger partial charge on any atom is 0.416 e. The number of nitrogen functional groups attached to an aromatic ring is 1. The smallest absolute Gasteiger partial charge is 0.290 e. The fraction of sp³-hybridized carbons (Fsp3) is 0.375. The Kier molecular flexibility index (Phi) is 4.51. The number of halogens is 4. The Labute approximate surface area is 140 Å². The van der Waals surface area contributed by atoms with Crippen LogP contribution in [0, 0.1) is 0 Å². The van der Waals surface area contributed by atoms with E-state index in [1.165, 1.54) is 23.0 Å². The van der Waals surface area contributed by atoms with Gasteiger partial charge in [0, 0.05) is 6.20 Å². The van der Waals surface area contributed by atoms with Crippen molar-refractivity contribution in [1.82, 2.24) is 15.2 Å². The van der Waals surface area contributed by atoms with Crippen LogP contribution in [0.3, 0.4) is 0 Å². The zero-order chi connectivity index (χ0) is 18.2. The van der Waals surface area contributed by atoms with E-state index in [9.17, 15) is 22.4 Å². The van der Waals surface area contributed by atoms with Gasteiger partial charge in [0.15, 0.2) is 0 Å². The topological polar surface area (TPSA) is 72.9 Å². The van der Waals surface area contributed by atoms with Crippen LogP contribution in [0.2, 0.25) is 0 Å². The van der Waals surface area contributed by atoms with E-state index in [0.29, 0.717) is 11.1 Å². The standard InChI is InChI=1S/C16H16F4N4O/c17-6-14-13(15(25)22-21)8-24(23-14)7-10-3-4-11(16(18,19)20)5-12(10)9-1-2-9/h3-5,8-9H,1-2,6-7,21H2,(H,22,25). The number of alkyl halides is 4. The molecule has 3 N–H and O–H groups in total. The van der Waals surface area contributed by atoms with Gasteiger partial charge in [-0.25, -0.2) is 10.2 Å². The van der Waals surface area contributed by atoms with Gasteiger partial charge in [-0.1, -0.05) is 6.07 Å². The Hall–Kier alpha value is -2.42. The molecular weight excluding hydrogens is 340 g/mol. The number of aromatic nitrogens is 2. The predicted molar refractivity (Wildman–Crippen MR) is 81.2 cm³/mol. The molecule has 0 spiro atoms. The molecule has 1 aromatic heterocycles. The molecule has 0 aliphatic heterocycles. The van der Waals surface area contributed by atoms with Gasteiger partial charge in [0.1, 0.15) is 12.4 Å². The monoisotopic (exact) mass is 356 g/mol. The van der Waals surface area contributed by atoms with Crippen molar-refractivity contribution in [2.24, 2.45) is 5.84 Å². The minimum atomic E-state index is -4.40. The Balaban J connectivity index is 1.93. The van der Waals surface area contributed by atoms with Gasteiger partial charge < -0.3 is 0 Å². The number of hydrogen-bond donors (Lipinski definition) is 2. The van der Waals surface area contributed by atoms with Crippen LogP contribution in [0.4, 0.5) is 17.6 Å². The maximum atomic E-state index is 13.0. The number of amides is 1. The minimum absolute atomic E-state index is 0.00452. The summed E-state index contributed by atoms with van der Waals surface area (Å²) in [6.45, 7) is -0.799. The highest BCUT2D eigenvalue weighted by Gasteiger charge is 2.34. The normalized spacial score (nSPS) is 14.6. The Morgan fingerprint density at radius 2 is 2.08 bits per heavy atom. The predicted octanol–water partition coefficient (Wildman–Crippen LogP) is 2.90. The van der Waals surface area contributed by atoms with Crippen LogP contribution in [0.5, 0.6) is 0 Å². The molecule has 9 heteroatoms. The van der Waals surface area contributed by atoms with E-state index >= 15 is 0 Å². The van der Waals surface area contributed by atoms with E-state index in [2.05, 4.69) is 5.10 Å². The number of benzene rings is 1. The van der Waals surface area contributed by atoms with Crippen molar-refractivity contribution in [2.75, 3.05) is 0 Å². The fourth-order valence-corrected chi connectivity index (χ4v) is 2.77. The molecule has 0 bridgehead atoms. The quantitative estimate of drug-likeness (QED) is 0.374. The lowest BCUT2D eigenvalue weighted by Crippen LogP contribution is -2.30. The number of hydrogen-bond acceptors (Lipinski definition) is 3. The number of rotatable bonds is 5. The van der Waals surface area contributed by atoms with Crippen LogP contribution in [0.25, 0.3) is 0 Å². The van der Waals surface area contributed by atoms with Gasteiger partial charge in [0.05, 0.1) is 17.7 Å². The third kappa shape index (κ3) is 3.65. The molecule has 1 aliphatic rings. The second-order valence-corrected chi connectivity index (χ2v) is 5.98.